The highest BCUT2D eigenvalue weighted by Crippen LogP contribution is 2.28. The third-order valence-corrected chi connectivity index (χ3v) is 6.93. The molecular formula is C18H26N2O4S. The van der Waals surface area contributed by atoms with E-state index in [1.54, 1.807) is 14.0 Å². The van der Waals surface area contributed by atoms with Crippen molar-refractivity contribution in [3.8, 4) is 0 Å². The van der Waals surface area contributed by atoms with Gasteiger partial charge in [-0.25, -0.2) is 8.42 Å². The Hall–Kier alpha value is -1.28. The minimum Gasteiger partial charge on any atom is -0.383 e. The highest BCUT2D eigenvalue weighted by Gasteiger charge is 2.46. The second-order valence-electron chi connectivity index (χ2n) is 6.96. The smallest absolute Gasteiger partial charge is 0.159 e. The largest absolute Gasteiger partial charge is 0.383 e. The Morgan fingerprint density at radius 1 is 1.12 bits per heavy atom. The maximum Gasteiger partial charge on any atom is 0.159 e. The number of sulfone groups is 1. The molecule has 2 heterocycles. The van der Waals surface area contributed by atoms with Gasteiger partial charge >= 0.3 is 0 Å². The number of nitrogens with zero attached hydrogens (tertiary/aromatic N) is 2. The predicted molar refractivity (Wildman–Crippen MR) is 96.5 cm³/mol. The minimum absolute atomic E-state index is 0.0306. The highest BCUT2D eigenvalue weighted by molar-refractivity contribution is 7.91. The first-order chi connectivity index (χ1) is 11.9. The van der Waals surface area contributed by atoms with Crippen molar-refractivity contribution in [1.29, 1.82) is 0 Å². The summed E-state index contributed by atoms with van der Waals surface area (Å²) >= 11 is 0. The molecule has 6 nitrogen and oxygen atoms in total. The average Bonchev–Trinajstić information content (AvgIpc) is 2.90. The van der Waals surface area contributed by atoms with Gasteiger partial charge in [-0.2, -0.15) is 0 Å². The van der Waals surface area contributed by atoms with Crippen LogP contribution in [-0.4, -0.2) is 80.9 Å². The van der Waals surface area contributed by atoms with Gasteiger partial charge in [0.2, 0.25) is 0 Å². The molecule has 2 saturated heterocycles. The Balaban J connectivity index is 1.73. The maximum absolute atomic E-state index is 12.2. The number of Topliss-reactive ketones (excluding diaryl/α,β-unsaturated/α-hetero) is 1. The van der Waals surface area contributed by atoms with E-state index < -0.39 is 9.84 Å². The van der Waals surface area contributed by atoms with Crippen molar-refractivity contribution in [1.82, 2.24) is 9.80 Å². The SMILES string of the molecule is COCCN1CCN(Cc2ccc(C(C)=O)cc2)[C@H]2CS(=O)(=O)C[C@H]21. The number of carbonyl (C=O) groups is 1. The lowest BCUT2D eigenvalue weighted by molar-refractivity contribution is 0.0253. The molecule has 25 heavy (non-hydrogen) atoms. The van der Waals surface area contributed by atoms with Crippen LogP contribution < -0.4 is 0 Å². The van der Waals surface area contributed by atoms with Crippen LogP contribution in [0.2, 0.25) is 0 Å². The molecule has 0 bridgehead atoms. The Labute approximate surface area is 149 Å². The van der Waals surface area contributed by atoms with Crippen molar-refractivity contribution in [2.45, 2.75) is 25.6 Å². The van der Waals surface area contributed by atoms with Gasteiger partial charge < -0.3 is 4.74 Å². The topological polar surface area (TPSA) is 66.9 Å². The van der Waals surface area contributed by atoms with Gasteiger partial charge in [-0.3, -0.25) is 14.6 Å². The molecule has 1 aromatic carbocycles. The summed E-state index contributed by atoms with van der Waals surface area (Å²) in [6.07, 6.45) is 0. The lowest BCUT2D eigenvalue weighted by Gasteiger charge is -2.44. The average molecular weight is 366 g/mol. The van der Waals surface area contributed by atoms with Gasteiger partial charge in [-0.05, 0) is 12.5 Å². The molecule has 3 rings (SSSR count). The third kappa shape index (κ3) is 4.28. The molecule has 0 aromatic heterocycles. The zero-order chi connectivity index (χ0) is 18.0. The van der Waals surface area contributed by atoms with Crippen LogP contribution >= 0.6 is 0 Å². The van der Waals surface area contributed by atoms with Crippen molar-refractivity contribution in [3.05, 3.63) is 35.4 Å². The quantitative estimate of drug-likeness (QED) is 0.695. The number of benzene rings is 1. The van der Waals surface area contributed by atoms with Crippen LogP contribution in [-0.2, 0) is 21.1 Å². The number of hydrogen-bond acceptors (Lipinski definition) is 6. The first-order valence-electron chi connectivity index (χ1n) is 8.67. The Morgan fingerprint density at radius 2 is 1.72 bits per heavy atom. The molecule has 0 aliphatic carbocycles. The van der Waals surface area contributed by atoms with Crippen LogP contribution in [0.25, 0.3) is 0 Å². The lowest BCUT2D eigenvalue weighted by Crippen LogP contribution is -2.59. The van der Waals surface area contributed by atoms with Crippen molar-refractivity contribution in [2.75, 3.05) is 44.9 Å². The maximum atomic E-state index is 12.2. The molecule has 2 aliphatic heterocycles. The molecule has 1 aromatic rings. The lowest BCUT2D eigenvalue weighted by atomic mass is 10.0. The monoisotopic (exact) mass is 366 g/mol. The van der Waals surface area contributed by atoms with E-state index in [1.807, 2.05) is 24.3 Å². The first-order valence-corrected chi connectivity index (χ1v) is 10.5. The number of rotatable bonds is 6. The van der Waals surface area contributed by atoms with Crippen LogP contribution in [0.15, 0.2) is 24.3 Å². The van der Waals surface area contributed by atoms with Gasteiger partial charge in [0.15, 0.2) is 15.6 Å². The number of methoxy groups -OCH3 is 1. The third-order valence-electron chi connectivity index (χ3n) is 5.23. The van der Waals surface area contributed by atoms with Crippen molar-refractivity contribution >= 4 is 15.6 Å². The fourth-order valence-corrected chi connectivity index (χ4v) is 5.90. The van der Waals surface area contributed by atoms with Crippen LogP contribution in [0.1, 0.15) is 22.8 Å². The normalized spacial score (nSPS) is 26.5. The molecule has 0 amide bonds. The van der Waals surface area contributed by atoms with Crippen molar-refractivity contribution < 1.29 is 17.9 Å². The van der Waals surface area contributed by atoms with Crippen LogP contribution in [0.4, 0.5) is 0 Å². The number of ketones is 1. The second kappa shape index (κ2) is 7.53. The van der Waals surface area contributed by atoms with E-state index >= 15 is 0 Å². The molecule has 0 unspecified atom stereocenters. The summed E-state index contributed by atoms with van der Waals surface area (Å²) < 4.78 is 29.6. The summed E-state index contributed by atoms with van der Waals surface area (Å²) in [5, 5.41) is 0. The van der Waals surface area contributed by atoms with Gasteiger partial charge in [0, 0.05) is 50.9 Å². The standard InChI is InChI=1S/C18H26N2O4S/c1-14(21)16-5-3-15(4-6-16)11-20-8-7-19(9-10-24-2)17-12-25(22,23)13-18(17)20/h3-6,17-18H,7-13H2,1-2H3/t17-,18+/m1/s1. The molecule has 0 N–H and O–H groups in total. The van der Waals surface area contributed by atoms with Gasteiger partial charge in [0.05, 0.1) is 18.1 Å². The molecule has 7 heteroatoms. The van der Waals surface area contributed by atoms with Crippen molar-refractivity contribution in [3.63, 3.8) is 0 Å². The molecule has 2 fully saturated rings. The summed E-state index contributed by atoms with van der Waals surface area (Å²) in [5.41, 5.74) is 1.81. The zero-order valence-electron chi connectivity index (χ0n) is 14.8. The first kappa shape index (κ1) is 18.5. The van der Waals surface area contributed by atoms with Crippen molar-refractivity contribution in [2.24, 2.45) is 0 Å². The van der Waals surface area contributed by atoms with Gasteiger partial charge in [0.1, 0.15) is 0 Å². The zero-order valence-corrected chi connectivity index (χ0v) is 15.7. The second-order valence-corrected chi connectivity index (χ2v) is 9.12. The summed E-state index contributed by atoms with van der Waals surface area (Å²) in [7, 11) is -1.33. The fraction of sp³-hybridized carbons (Fsp3) is 0.611. The molecule has 0 spiro atoms. The van der Waals surface area contributed by atoms with E-state index in [0.29, 0.717) is 18.7 Å². The van der Waals surface area contributed by atoms with E-state index in [0.717, 1.165) is 25.2 Å². The number of piperazine rings is 1. The van der Waals surface area contributed by atoms with E-state index in [4.69, 9.17) is 4.74 Å². The Morgan fingerprint density at radius 3 is 2.32 bits per heavy atom. The van der Waals surface area contributed by atoms with Crippen LogP contribution in [0.3, 0.4) is 0 Å². The molecule has 0 saturated carbocycles. The number of carbonyl (C=O) groups excluding carboxylic acids is 1. The van der Waals surface area contributed by atoms with E-state index in [9.17, 15) is 13.2 Å². The highest BCUT2D eigenvalue weighted by atomic mass is 32.2. The molecule has 2 aliphatic rings. The van der Waals surface area contributed by atoms with E-state index in [-0.39, 0.29) is 29.4 Å². The Kier molecular flexibility index (Phi) is 5.58. The summed E-state index contributed by atoms with van der Waals surface area (Å²) in [5.74, 6) is 0.522. The van der Waals surface area contributed by atoms with E-state index in [2.05, 4.69) is 9.80 Å². The molecule has 0 radical (unpaired) electrons. The molecular weight excluding hydrogens is 340 g/mol. The summed E-state index contributed by atoms with van der Waals surface area (Å²) in [4.78, 5) is 15.9. The van der Waals surface area contributed by atoms with E-state index in [1.165, 1.54) is 0 Å². The number of fused-ring (bicyclic) bond motifs is 1. The summed E-state index contributed by atoms with van der Waals surface area (Å²) in [6, 6.07) is 7.69. The van der Waals surface area contributed by atoms with Crippen LogP contribution in [0, 0.1) is 0 Å². The molecule has 138 valence electrons. The predicted octanol–water partition coefficient (Wildman–Crippen LogP) is 0.819. The number of ether oxygens (including phenoxy) is 1. The van der Waals surface area contributed by atoms with Gasteiger partial charge in [0.25, 0.3) is 0 Å². The summed E-state index contributed by atoms with van der Waals surface area (Å²) in [6.45, 7) is 5.36. The number of hydrogen-bond donors (Lipinski definition) is 0. The van der Waals surface area contributed by atoms with Gasteiger partial charge in [-0.1, -0.05) is 24.3 Å². The Bertz CT molecular complexity index is 717. The minimum atomic E-state index is -3.00. The van der Waals surface area contributed by atoms with Crippen LogP contribution in [0.5, 0.6) is 0 Å². The van der Waals surface area contributed by atoms with Gasteiger partial charge in [-0.15, -0.1) is 0 Å². The molecule has 2 atom stereocenters. The fourth-order valence-electron chi connectivity index (χ4n) is 3.86.